The highest BCUT2D eigenvalue weighted by Crippen LogP contribution is 2.27. The number of hydrogen-bond donors (Lipinski definition) is 0. The zero-order valence-corrected chi connectivity index (χ0v) is 15.3. The molecule has 27 heavy (non-hydrogen) atoms. The second kappa shape index (κ2) is 9.43. The molecule has 3 aromatic rings. The fraction of sp³-hybridized carbons (Fsp3) is 0.174. The minimum Gasteiger partial charge on any atom is -0.489 e. The number of benzene rings is 3. The van der Waals surface area contributed by atoms with E-state index < -0.39 is 0 Å². The molecule has 0 radical (unpaired) electrons. The van der Waals surface area contributed by atoms with Crippen LogP contribution < -0.4 is 9.47 Å². The number of ether oxygens (including phenoxy) is 3. The predicted molar refractivity (Wildman–Crippen MR) is 104 cm³/mol. The van der Waals surface area contributed by atoms with Crippen LogP contribution in [0.1, 0.15) is 16.7 Å². The molecular formula is C23H22O4. The molecule has 0 amide bonds. The van der Waals surface area contributed by atoms with Gasteiger partial charge in [0.15, 0.2) is 0 Å². The molecule has 0 aliphatic heterocycles. The highest BCUT2D eigenvalue weighted by Gasteiger charge is 2.11. The second-order valence-corrected chi connectivity index (χ2v) is 6.07. The average molecular weight is 362 g/mol. The summed E-state index contributed by atoms with van der Waals surface area (Å²) in [6, 6.07) is 25.4. The van der Waals surface area contributed by atoms with Crippen molar-refractivity contribution in [3.63, 3.8) is 0 Å². The van der Waals surface area contributed by atoms with Gasteiger partial charge in [0.1, 0.15) is 24.7 Å². The van der Waals surface area contributed by atoms with Crippen LogP contribution in [0.25, 0.3) is 0 Å². The second-order valence-electron chi connectivity index (χ2n) is 6.07. The third-order valence-electron chi connectivity index (χ3n) is 4.09. The van der Waals surface area contributed by atoms with E-state index in [9.17, 15) is 4.79 Å². The van der Waals surface area contributed by atoms with Crippen molar-refractivity contribution >= 4 is 5.97 Å². The van der Waals surface area contributed by atoms with Crippen LogP contribution in [0.15, 0.2) is 78.9 Å². The zero-order chi connectivity index (χ0) is 18.9. The molecule has 4 nitrogen and oxygen atoms in total. The lowest BCUT2D eigenvalue weighted by molar-refractivity contribution is -0.139. The minimum atomic E-state index is -0.308. The van der Waals surface area contributed by atoms with Crippen molar-refractivity contribution in [3.8, 4) is 11.5 Å². The maximum atomic E-state index is 11.7. The summed E-state index contributed by atoms with van der Waals surface area (Å²) in [5.41, 5.74) is 2.91. The van der Waals surface area contributed by atoms with E-state index in [-0.39, 0.29) is 12.4 Å². The fourth-order valence-electron chi connectivity index (χ4n) is 2.61. The smallest absolute Gasteiger partial charge is 0.310 e. The summed E-state index contributed by atoms with van der Waals surface area (Å²) in [4.78, 5) is 11.7. The van der Waals surface area contributed by atoms with Crippen molar-refractivity contribution in [1.82, 2.24) is 0 Å². The van der Waals surface area contributed by atoms with E-state index in [1.165, 1.54) is 7.11 Å². The number of esters is 1. The Balaban J connectivity index is 1.74. The Morgan fingerprint density at radius 1 is 0.778 bits per heavy atom. The summed E-state index contributed by atoms with van der Waals surface area (Å²) in [5, 5.41) is 0. The molecule has 0 unspecified atom stereocenters. The van der Waals surface area contributed by atoms with Gasteiger partial charge >= 0.3 is 5.97 Å². The first-order valence-electron chi connectivity index (χ1n) is 8.78. The molecule has 138 valence electrons. The van der Waals surface area contributed by atoms with E-state index in [2.05, 4.69) is 0 Å². The standard InChI is InChI=1S/C23H22O4/c1-25-23(24)14-20-12-13-21(26-16-18-8-4-2-5-9-18)15-22(20)27-17-19-10-6-3-7-11-19/h2-13,15H,14,16-17H2,1H3. The molecule has 3 rings (SSSR count). The van der Waals surface area contributed by atoms with Gasteiger partial charge < -0.3 is 14.2 Å². The van der Waals surface area contributed by atoms with E-state index in [0.29, 0.717) is 24.7 Å². The largest absolute Gasteiger partial charge is 0.489 e. The van der Waals surface area contributed by atoms with E-state index in [0.717, 1.165) is 16.7 Å². The number of rotatable bonds is 8. The molecule has 0 aromatic heterocycles. The van der Waals surface area contributed by atoms with Crippen LogP contribution in [-0.4, -0.2) is 13.1 Å². The van der Waals surface area contributed by atoms with Crippen molar-refractivity contribution in [2.45, 2.75) is 19.6 Å². The van der Waals surface area contributed by atoms with E-state index in [4.69, 9.17) is 14.2 Å². The zero-order valence-electron chi connectivity index (χ0n) is 15.3. The summed E-state index contributed by atoms with van der Waals surface area (Å²) < 4.78 is 16.6. The Bertz CT molecular complexity index is 860. The van der Waals surface area contributed by atoms with Gasteiger partial charge in [0.25, 0.3) is 0 Å². The predicted octanol–water partition coefficient (Wildman–Crippen LogP) is 4.56. The van der Waals surface area contributed by atoms with Gasteiger partial charge in [-0.15, -0.1) is 0 Å². The van der Waals surface area contributed by atoms with Gasteiger partial charge in [-0.2, -0.15) is 0 Å². The topological polar surface area (TPSA) is 44.8 Å². The molecule has 0 atom stereocenters. The lowest BCUT2D eigenvalue weighted by Crippen LogP contribution is -2.07. The van der Waals surface area contributed by atoms with Crippen LogP contribution in [-0.2, 0) is 29.2 Å². The summed E-state index contributed by atoms with van der Waals surface area (Å²) in [5.74, 6) is 1.00. The van der Waals surface area contributed by atoms with Crippen LogP contribution >= 0.6 is 0 Å². The minimum absolute atomic E-state index is 0.152. The molecule has 0 saturated carbocycles. The molecule has 0 fully saturated rings. The highest BCUT2D eigenvalue weighted by molar-refractivity contribution is 5.73. The molecule has 0 spiro atoms. The Morgan fingerprint density at radius 3 is 1.96 bits per heavy atom. The van der Waals surface area contributed by atoms with Gasteiger partial charge in [-0.3, -0.25) is 4.79 Å². The summed E-state index contributed by atoms with van der Waals surface area (Å²) in [6.07, 6.45) is 0.152. The maximum absolute atomic E-state index is 11.7. The van der Waals surface area contributed by atoms with Crippen LogP contribution in [0, 0.1) is 0 Å². The van der Waals surface area contributed by atoms with E-state index in [1.54, 1.807) is 0 Å². The first kappa shape index (κ1) is 18.5. The van der Waals surface area contributed by atoms with Crippen molar-refractivity contribution in [1.29, 1.82) is 0 Å². The van der Waals surface area contributed by atoms with Gasteiger partial charge in [-0.25, -0.2) is 0 Å². The normalized spacial score (nSPS) is 10.3. The third-order valence-corrected chi connectivity index (χ3v) is 4.09. The third kappa shape index (κ3) is 5.61. The van der Waals surface area contributed by atoms with Crippen LogP contribution in [0.5, 0.6) is 11.5 Å². The summed E-state index contributed by atoms with van der Waals surface area (Å²) in [7, 11) is 1.38. The highest BCUT2D eigenvalue weighted by atomic mass is 16.5. The Kier molecular flexibility index (Phi) is 6.47. The Morgan fingerprint density at radius 2 is 1.37 bits per heavy atom. The molecule has 0 heterocycles. The molecular weight excluding hydrogens is 340 g/mol. The monoisotopic (exact) mass is 362 g/mol. The molecule has 0 saturated heterocycles. The van der Waals surface area contributed by atoms with Crippen LogP contribution in [0.3, 0.4) is 0 Å². The first-order valence-corrected chi connectivity index (χ1v) is 8.78. The van der Waals surface area contributed by atoms with Crippen molar-refractivity contribution < 1.29 is 19.0 Å². The molecule has 4 heteroatoms. The molecule has 0 bridgehead atoms. The average Bonchev–Trinajstić information content (AvgIpc) is 2.73. The number of methoxy groups -OCH3 is 1. The van der Waals surface area contributed by atoms with Crippen molar-refractivity contribution in [2.24, 2.45) is 0 Å². The van der Waals surface area contributed by atoms with Gasteiger partial charge in [0.2, 0.25) is 0 Å². The lowest BCUT2D eigenvalue weighted by Gasteiger charge is -2.14. The fourth-order valence-corrected chi connectivity index (χ4v) is 2.61. The van der Waals surface area contributed by atoms with Gasteiger partial charge in [0, 0.05) is 11.6 Å². The van der Waals surface area contributed by atoms with Crippen LogP contribution in [0.2, 0.25) is 0 Å². The maximum Gasteiger partial charge on any atom is 0.310 e. The molecule has 0 aliphatic carbocycles. The first-order chi connectivity index (χ1) is 13.2. The van der Waals surface area contributed by atoms with Gasteiger partial charge in [-0.1, -0.05) is 66.7 Å². The quantitative estimate of drug-likeness (QED) is 0.551. The number of hydrogen-bond acceptors (Lipinski definition) is 4. The van der Waals surface area contributed by atoms with E-state index >= 15 is 0 Å². The number of carbonyl (C=O) groups is 1. The van der Waals surface area contributed by atoms with Gasteiger partial charge in [0.05, 0.1) is 13.5 Å². The van der Waals surface area contributed by atoms with Gasteiger partial charge in [-0.05, 0) is 17.2 Å². The summed E-state index contributed by atoms with van der Waals surface area (Å²) in [6.45, 7) is 0.881. The Labute approximate surface area is 159 Å². The van der Waals surface area contributed by atoms with E-state index in [1.807, 2.05) is 78.9 Å². The molecule has 0 aliphatic rings. The lowest BCUT2D eigenvalue weighted by atomic mass is 10.1. The van der Waals surface area contributed by atoms with Crippen molar-refractivity contribution in [2.75, 3.05) is 7.11 Å². The number of carbonyl (C=O) groups excluding carboxylic acids is 1. The SMILES string of the molecule is COC(=O)Cc1ccc(OCc2ccccc2)cc1OCc1ccccc1. The summed E-state index contributed by atoms with van der Waals surface area (Å²) >= 11 is 0. The van der Waals surface area contributed by atoms with Crippen molar-refractivity contribution in [3.05, 3.63) is 95.6 Å². The molecule has 3 aromatic carbocycles. The Hall–Kier alpha value is -3.27. The molecule has 0 N–H and O–H groups in total. The van der Waals surface area contributed by atoms with Crippen LogP contribution in [0.4, 0.5) is 0 Å².